The average molecular weight is 1060 g/mol. The Labute approximate surface area is 456 Å². The molecule has 6 atom stereocenters. The molecule has 0 aromatic heterocycles. The minimum Gasteiger partial charge on any atom is -0.479 e. The Hall–Kier alpha value is -3.32. The Morgan fingerprint density at radius 3 is 1.33 bits per heavy atom. The lowest BCUT2D eigenvalue weighted by molar-refractivity contribution is -0.301. The number of carboxylic acids is 1. The second kappa shape index (κ2) is 51.4. The number of rotatable bonds is 52. The van der Waals surface area contributed by atoms with Crippen molar-refractivity contribution < 1.29 is 58.2 Å². The van der Waals surface area contributed by atoms with Crippen LogP contribution in [0, 0.1) is 0 Å². The summed E-state index contributed by atoms with van der Waals surface area (Å²) in [6, 6.07) is 0. The van der Waals surface area contributed by atoms with Crippen LogP contribution in [0.25, 0.3) is 0 Å². The Morgan fingerprint density at radius 2 is 0.853 bits per heavy atom. The number of carbonyl (C=O) groups excluding carboxylic acids is 3. The fraction of sp³-hybridized carbons (Fsp3) is 0.810. The van der Waals surface area contributed by atoms with E-state index in [9.17, 15) is 34.5 Å². The number of aliphatic hydroxyl groups is 2. The number of hydrogen-bond acceptors (Lipinski definition) is 11. The van der Waals surface area contributed by atoms with Gasteiger partial charge in [0.15, 0.2) is 24.6 Å². The maximum absolute atomic E-state index is 13.2. The van der Waals surface area contributed by atoms with Crippen molar-refractivity contribution in [3.8, 4) is 0 Å². The molecule has 0 spiro atoms. The van der Waals surface area contributed by atoms with Crippen LogP contribution in [-0.2, 0) is 42.9 Å². The molecule has 434 valence electrons. The highest BCUT2D eigenvalue weighted by Crippen LogP contribution is 2.27. The van der Waals surface area contributed by atoms with Gasteiger partial charge in [0.05, 0.1) is 6.61 Å². The lowest BCUT2D eigenvalue weighted by Gasteiger charge is -2.40. The number of esters is 3. The molecule has 1 aliphatic heterocycles. The summed E-state index contributed by atoms with van der Waals surface area (Å²) in [6.07, 6.45) is 49.4. The molecule has 0 radical (unpaired) electrons. The van der Waals surface area contributed by atoms with Gasteiger partial charge >= 0.3 is 23.9 Å². The van der Waals surface area contributed by atoms with Crippen molar-refractivity contribution in [2.75, 3.05) is 13.2 Å². The molecule has 0 amide bonds. The second-order valence-corrected chi connectivity index (χ2v) is 21.0. The Morgan fingerprint density at radius 1 is 0.453 bits per heavy atom. The number of allylic oxidation sites excluding steroid dienone is 8. The third kappa shape index (κ3) is 41.5. The predicted octanol–water partition coefficient (Wildman–Crippen LogP) is 15.8. The SMILES string of the molecule is CC/C=C\C/C=C\C/C=C\CCCCCCCCCC(=O)OCC(COC1OC(C(=O)O)C(O)C(O)C1OC(=O)CCCCCCC/C=C\CCCC)OC(=O)CCCCCCCCCCCCCCCCCCC. The molecule has 3 N–H and O–H groups in total. The van der Waals surface area contributed by atoms with Crippen LogP contribution < -0.4 is 0 Å². The second-order valence-electron chi connectivity index (χ2n) is 21.0. The van der Waals surface area contributed by atoms with Crippen LogP contribution in [0.3, 0.4) is 0 Å². The predicted molar refractivity (Wildman–Crippen MR) is 303 cm³/mol. The topological polar surface area (TPSA) is 175 Å². The first-order valence-electron chi connectivity index (χ1n) is 30.6. The smallest absolute Gasteiger partial charge is 0.335 e. The highest BCUT2D eigenvalue weighted by Gasteiger charge is 2.50. The summed E-state index contributed by atoms with van der Waals surface area (Å²) in [7, 11) is 0. The maximum Gasteiger partial charge on any atom is 0.335 e. The van der Waals surface area contributed by atoms with E-state index in [1.807, 2.05) is 0 Å². The van der Waals surface area contributed by atoms with E-state index in [1.165, 1.54) is 109 Å². The quantitative estimate of drug-likeness (QED) is 0.0228. The van der Waals surface area contributed by atoms with Crippen molar-refractivity contribution >= 4 is 23.9 Å². The fourth-order valence-corrected chi connectivity index (χ4v) is 9.19. The Bertz CT molecular complexity index is 1490. The van der Waals surface area contributed by atoms with Crippen molar-refractivity contribution in [2.45, 2.75) is 314 Å². The van der Waals surface area contributed by atoms with E-state index in [0.29, 0.717) is 19.3 Å². The minimum atomic E-state index is -1.90. The van der Waals surface area contributed by atoms with Gasteiger partial charge < -0.3 is 39.0 Å². The molecule has 1 heterocycles. The highest BCUT2D eigenvalue weighted by molar-refractivity contribution is 5.74. The maximum atomic E-state index is 13.2. The Balaban J connectivity index is 2.67. The zero-order valence-electron chi connectivity index (χ0n) is 47.8. The fourth-order valence-electron chi connectivity index (χ4n) is 9.19. The zero-order chi connectivity index (χ0) is 54.7. The number of unbranched alkanes of at least 4 members (excludes halogenated alkanes) is 30. The molecule has 75 heavy (non-hydrogen) atoms. The summed E-state index contributed by atoms with van der Waals surface area (Å²) in [4.78, 5) is 51.1. The van der Waals surface area contributed by atoms with Gasteiger partial charge in [-0.05, 0) is 70.6 Å². The third-order valence-corrected chi connectivity index (χ3v) is 13.9. The average Bonchev–Trinajstić information content (AvgIpc) is 3.39. The van der Waals surface area contributed by atoms with Crippen molar-refractivity contribution in [1.82, 2.24) is 0 Å². The van der Waals surface area contributed by atoms with Crippen molar-refractivity contribution in [3.63, 3.8) is 0 Å². The molecule has 0 saturated carbocycles. The van der Waals surface area contributed by atoms with E-state index in [-0.39, 0.29) is 25.9 Å². The van der Waals surface area contributed by atoms with E-state index >= 15 is 0 Å². The van der Waals surface area contributed by atoms with Gasteiger partial charge in [-0.3, -0.25) is 14.4 Å². The van der Waals surface area contributed by atoms with Gasteiger partial charge in [0.25, 0.3) is 0 Å². The Kier molecular flexibility index (Phi) is 47.8. The molecular weight excluding hydrogens is 949 g/mol. The van der Waals surface area contributed by atoms with Gasteiger partial charge in [-0.2, -0.15) is 0 Å². The molecule has 1 rings (SSSR count). The van der Waals surface area contributed by atoms with Crippen LogP contribution in [-0.4, -0.2) is 89.2 Å². The number of carbonyl (C=O) groups is 4. The van der Waals surface area contributed by atoms with Crippen LogP contribution in [0.1, 0.15) is 278 Å². The van der Waals surface area contributed by atoms with Crippen LogP contribution in [0.2, 0.25) is 0 Å². The standard InChI is InChI=1S/C63H110O12/c1-4-7-10-13-16-19-22-24-26-28-30-32-35-37-40-43-46-49-55(64)71-52-54(73-56(65)50-47-44-41-39-36-33-31-29-27-25-23-20-17-14-11-8-5-2)53-72-63-61(59(68)58(67)60(75-63)62(69)70)74-57(66)51-48-45-42-38-34-21-18-15-12-9-6-3/h7,10,15-16,18-19,24,26,54,58-61,63,67-68H,4-6,8-9,11-14,17,20-23,25,27-53H2,1-3H3,(H,69,70)/b10-7-,18-15-,19-16-,26-24-. The highest BCUT2D eigenvalue weighted by atomic mass is 16.7. The first-order chi connectivity index (χ1) is 36.6. The lowest BCUT2D eigenvalue weighted by atomic mass is 9.98. The lowest BCUT2D eigenvalue weighted by Crippen LogP contribution is -2.61. The first kappa shape index (κ1) is 69.7. The molecule has 6 unspecified atom stereocenters. The van der Waals surface area contributed by atoms with Gasteiger partial charge in [0.1, 0.15) is 18.8 Å². The number of aliphatic carboxylic acids is 1. The van der Waals surface area contributed by atoms with Crippen LogP contribution >= 0.6 is 0 Å². The van der Waals surface area contributed by atoms with Crippen molar-refractivity contribution in [3.05, 3.63) is 48.6 Å². The number of carboxylic acid groups (broad SMARTS) is 1. The summed E-state index contributed by atoms with van der Waals surface area (Å²) < 4.78 is 28.4. The van der Waals surface area contributed by atoms with E-state index < -0.39 is 67.3 Å². The molecule has 0 aliphatic carbocycles. The van der Waals surface area contributed by atoms with Crippen LogP contribution in [0.4, 0.5) is 0 Å². The van der Waals surface area contributed by atoms with E-state index in [2.05, 4.69) is 69.4 Å². The van der Waals surface area contributed by atoms with Gasteiger partial charge in [0.2, 0.25) is 0 Å². The van der Waals surface area contributed by atoms with E-state index in [1.54, 1.807) is 0 Å². The van der Waals surface area contributed by atoms with Crippen LogP contribution in [0.15, 0.2) is 48.6 Å². The molecule has 1 fully saturated rings. The van der Waals surface area contributed by atoms with Gasteiger partial charge in [-0.15, -0.1) is 0 Å². The molecule has 1 aliphatic rings. The van der Waals surface area contributed by atoms with Gasteiger partial charge in [-0.1, -0.05) is 236 Å². The third-order valence-electron chi connectivity index (χ3n) is 13.9. The molecule has 0 aromatic carbocycles. The number of ether oxygens (including phenoxy) is 5. The van der Waals surface area contributed by atoms with Gasteiger partial charge in [0, 0.05) is 19.3 Å². The zero-order valence-corrected chi connectivity index (χ0v) is 47.8. The summed E-state index contributed by atoms with van der Waals surface area (Å²) in [5.41, 5.74) is 0. The summed E-state index contributed by atoms with van der Waals surface area (Å²) in [6.45, 7) is 5.85. The number of hydrogen-bond donors (Lipinski definition) is 3. The molecule has 0 aromatic rings. The van der Waals surface area contributed by atoms with Crippen LogP contribution in [0.5, 0.6) is 0 Å². The van der Waals surface area contributed by atoms with E-state index in [4.69, 9.17) is 23.7 Å². The van der Waals surface area contributed by atoms with E-state index in [0.717, 1.165) is 109 Å². The normalized spacial score (nSPS) is 18.4. The first-order valence-corrected chi connectivity index (χ1v) is 30.6. The van der Waals surface area contributed by atoms with Crippen molar-refractivity contribution in [2.24, 2.45) is 0 Å². The minimum absolute atomic E-state index is 0.0507. The monoisotopic (exact) mass is 1060 g/mol. The molecule has 12 nitrogen and oxygen atoms in total. The largest absolute Gasteiger partial charge is 0.479 e. The summed E-state index contributed by atoms with van der Waals surface area (Å²) in [5.74, 6) is -3.12. The molecule has 0 bridgehead atoms. The molecular formula is C63H110O12. The summed E-state index contributed by atoms with van der Waals surface area (Å²) >= 11 is 0. The number of aliphatic hydroxyl groups excluding tert-OH is 2. The molecule has 1 saturated heterocycles. The van der Waals surface area contributed by atoms with Crippen molar-refractivity contribution in [1.29, 1.82) is 0 Å². The summed E-state index contributed by atoms with van der Waals surface area (Å²) in [5, 5.41) is 31.5. The van der Waals surface area contributed by atoms with Gasteiger partial charge in [-0.25, -0.2) is 4.79 Å². The molecule has 12 heteroatoms.